The molecule has 3 aromatic rings. The normalized spacial score (nSPS) is 26.5. The predicted molar refractivity (Wildman–Crippen MR) is 100 cm³/mol. The Bertz CT molecular complexity index is 1080. The second-order valence-electron chi connectivity index (χ2n) is 8.34. The Hall–Kier alpha value is -2.70. The number of ketones is 1. The zero-order valence-electron chi connectivity index (χ0n) is 15.9. The van der Waals surface area contributed by atoms with Crippen LogP contribution in [-0.2, 0) is 11.2 Å². The maximum atomic E-state index is 13.7. The molecule has 0 bridgehead atoms. The van der Waals surface area contributed by atoms with Gasteiger partial charge >= 0.3 is 0 Å². The van der Waals surface area contributed by atoms with Crippen molar-refractivity contribution >= 4 is 16.8 Å². The molecule has 3 unspecified atom stereocenters. The molecule has 2 saturated carbocycles. The van der Waals surface area contributed by atoms with Crippen molar-refractivity contribution in [1.82, 2.24) is 14.5 Å². The van der Waals surface area contributed by atoms with Crippen molar-refractivity contribution in [3.63, 3.8) is 0 Å². The first kappa shape index (κ1) is 18.3. The smallest absolute Gasteiger partial charge is 0.161 e. The molecule has 0 amide bonds. The van der Waals surface area contributed by atoms with Crippen molar-refractivity contribution in [2.45, 2.75) is 32.2 Å². The van der Waals surface area contributed by atoms with Crippen LogP contribution in [0.1, 0.15) is 31.5 Å². The number of carbonyl (C=O) groups is 1. The highest BCUT2D eigenvalue weighted by atomic mass is 19.2. The number of benzene rings is 1. The molecule has 29 heavy (non-hydrogen) atoms. The van der Waals surface area contributed by atoms with Crippen molar-refractivity contribution in [2.24, 2.45) is 23.7 Å². The van der Waals surface area contributed by atoms with E-state index in [9.17, 15) is 18.0 Å². The standard InChI is InChI=1S/C22H20F3N3O/c1-11(21(29)4-13-3-2-12(23)9-26-13)22-15-5-14(6-16(15)22)28-10-27-19-7-17(24)18(25)8-20(19)28/h2-3,7-11,14-16,22H,4-6H2,1H3/t11?,14?,15-,16+,22?. The lowest BCUT2D eigenvalue weighted by atomic mass is 9.91. The number of aromatic nitrogens is 3. The van der Waals surface area contributed by atoms with Gasteiger partial charge in [-0.2, -0.15) is 0 Å². The van der Waals surface area contributed by atoms with Gasteiger partial charge in [0.2, 0.25) is 0 Å². The Morgan fingerprint density at radius 2 is 1.86 bits per heavy atom. The number of imidazole rings is 1. The van der Waals surface area contributed by atoms with E-state index in [4.69, 9.17) is 0 Å². The molecule has 2 fully saturated rings. The fourth-order valence-corrected chi connectivity index (χ4v) is 5.21. The molecule has 0 aliphatic heterocycles. The monoisotopic (exact) mass is 399 g/mol. The largest absolute Gasteiger partial charge is 0.327 e. The molecule has 2 aromatic heterocycles. The summed E-state index contributed by atoms with van der Waals surface area (Å²) in [6.07, 6.45) is 4.83. The number of carbonyl (C=O) groups excluding carboxylic acids is 1. The minimum atomic E-state index is -0.889. The van der Waals surface area contributed by atoms with Crippen LogP contribution in [0, 0.1) is 41.1 Å². The zero-order chi connectivity index (χ0) is 20.3. The lowest BCUT2D eigenvalue weighted by Gasteiger charge is -2.19. The van der Waals surface area contributed by atoms with Crippen LogP contribution in [0.2, 0.25) is 0 Å². The van der Waals surface area contributed by atoms with E-state index < -0.39 is 17.5 Å². The topological polar surface area (TPSA) is 47.8 Å². The number of nitrogens with zero attached hydrogens (tertiary/aromatic N) is 3. The molecule has 5 atom stereocenters. The first-order valence-corrected chi connectivity index (χ1v) is 9.87. The quantitative estimate of drug-likeness (QED) is 0.635. The molecule has 0 spiro atoms. The van der Waals surface area contributed by atoms with Gasteiger partial charge in [-0.15, -0.1) is 0 Å². The average Bonchev–Trinajstić information content (AvgIpc) is 3.02. The lowest BCUT2D eigenvalue weighted by Crippen LogP contribution is -2.20. The number of rotatable bonds is 5. The van der Waals surface area contributed by atoms with Gasteiger partial charge in [0.25, 0.3) is 0 Å². The molecule has 150 valence electrons. The van der Waals surface area contributed by atoms with Crippen molar-refractivity contribution in [3.8, 4) is 0 Å². The molecule has 1 aromatic carbocycles. The fraction of sp³-hybridized carbons (Fsp3) is 0.409. The van der Waals surface area contributed by atoms with E-state index in [1.54, 1.807) is 12.4 Å². The second-order valence-corrected chi connectivity index (χ2v) is 8.34. The number of Topliss-reactive ketones (excluding diaryl/α,β-unsaturated/α-hetero) is 1. The summed E-state index contributed by atoms with van der Waals surface area (Å²) in [5, 5.41) is 0. The summed E-state index contributed by atoms with van der Waals surface area (Å²) in [4.78, 5) is 20.8. The van der Waals surface area contributed by atoms with E-state index >= 15 is 0 Å². The van der Waals surface area contributed by atoms with Gasteiger partial charge in [0.05, 0.1) is 23.6 Å². The summed E-state index contributed by atoms with van der Waals surface area (Å²) >= 11 is 0. The van der Waals surface area contributed by atoms with Gasteiger partial charge in [-0.3, -0.25) is 9.78 Å². The average molecular weight is 399 g/mol. The van der Waals surface area contributed by atoms with Crippen molar-refractivity contribution < 1.29 is 18.0 Å². The fourth-order valence-electron chi connectivity index (χ4n) is 5.21. The molecular formula is C22H20F3N3O. The lowest BCUT2D eigenvalue weighted by molar-refractivity contribution is -0.122. The highest BCUT2D eigenvalue weighted by Crippen LogP contribution is 2.64. The number of halogens is 3. The number of fused-ring (bicyclic) bond motifs is 2. The van der Waals surface area contributed by atoms with Crippen LogP contribution in [0.4, 0.5) is 13.2 Å². The minimum absolute atomic E-state index is 0.0659. The Morgan fingerprint density at radius 1 is 1.14 bits per heavy atom. The van der Waals surface area contributed by atoms with Crippen LogP contribution < -0.4 is 0 Å². The molecule has 7 heteroatoms. The van der Waals surface area contributed by atoms with E-state index in [0.717, 1.165) is 25.1 Å². The summed E-state index contributed by atoms with van der Waals surface area (Å²) in [7, 11) is 0. The number of hydrogen-bond donors (Lipinski definition) is 0. The van der Waals surface area contributed by atoms with Gasteiger partial charge in [-0.05, 0) is 42.7 Å². The summed E-state index contributed by atoms with van der Waals surface area (Å²) in [6.45, 7) is 1.97. The highest BCUT2D eigenvalue weighted by molar-refractivity contribution is 5.83. The third-order valence-corrected chi connectivity index (χ3v) is 6.73. The Morgan fingerprint density at radius 3 is 2.55 bits per heavy atom. The molecule has 0 radical (unpaired) electrons. The maximum Gasteiger partial charge on any atom is 0.161 e. The third-order valence-electron chi connectivity index (χ3n) is 6.73. The molecule has 0 saturated heterocycles. The number of pyridine rings is 1. The molecule has 2 aliphatic carbocycles. The molecule has 0 N–H and O–H groups in total. The van der Waals surface area contributed by atoms with Crippen LogP contribution in [0.15, 0.2) is 36.8 Å². The number of hydrogen-bond acceptors (Lipinski definition) is 3. The van der Waals surface area contributed by atoms with Crippen molar-refractivity contribution in [1.29, 1.82) is 0 Å². The third kappa shape index (κ3) is 3.12. The first-order chi connectivity index (χ1) is 13.9. The van der Waals surface area contributed by atoms with Crippen LogP contribution in [0.25, 0.3) is 11.0 Å². The summed E-state index contributed by atoms with van der Waals surface area (Å²) < 4.78 is 42.0. The van der Waals surface area contributed by atoms with Gasteiger partial charge in [0, 0.05) is 36.2 Å². The van der Waals surface area contributed by atoms with Crippen molar-refractivity contribution in [3.05, 3.63) is 59.9 Å². The van der Waals surface area contributed by atoms with Crippen LogP contribution >= 0.6 is 0 Å². The Kier molecular flexibility index (Phi) is 4.22. The molecular weight excluding hydrogens is 379 g/mol. The molecule has 2 heterocycles. The van der Waals surface area contributed by atoms with E-state index in [2.05, 4.69) is 9.97 Å². The van der Waals surface area contributed by atoms with Crippen molar-refractivity contribution in [2.75, 3.05) is 0 Å². The minimum Gasteiger partial charge on any atom is -0.327 e. The van der Waals surface area contributed by atoms with E-state index in [-0.39, 0.29) is 24.2 Å². The second kappa shape index (κ2) is 6.68. The molecule has 4 nitrogen and oxygen atoms in total. The Labute approximate surface area is 165 Å². The van der Waals surface area contributed by atoms with E-state index in [1.807, 2.05) is 11.5 Å². The molecule has 2 aliphatic rings. The van der Waals surface area contributed by atoms with Gasteiger partial charge in [0.15, 0.2) is 11.6 Å². The highest BCUT2D eigenvalue weighted by Gasteiger charge is 2.59. The SMILES string of the molecule is CC(C(=O)Cc1ccc(F)cn1)C1[C@H]2CC(n3cnc4cc(F)c(F)cc43)C[C@@H]12. The predicted octanol–water partition coefficient (Wildman–Crippen LogP) is 4.49. The van der Waals surface area contributed by atoms with E-state index in [1.165, 1.54) is 12.1 Å². The van der Waals surface area contributed by atoms with Gasteiger partial charge in [0.1, 0.15) is 11.6 Å². The van der Waals surface area contributed by atoms with Gasteiger partial charge < -0.3 is 4.57 Å². The van der Waals surface area contributed by atoms with Gasteiger partial charge in [-0.25, -0.2) is 18.2 Å². The summed E-state index contributed by atoms with van der Waals surface area (Å²) in [5.41, 5.74) is 1.65. The van der Waals surface area contributed by atoms with Crippen LogP contribution in [-0.4, -0.2) is 20.3 Å². The van der Waals surface area contributed by atoms with Crippen LogP contribution in [0.3, 0.4) is 0 Å². The Balaban J connectivity index is 1.25. The van der Waals surface area contributed by atoms with E-state index in [0.29, 0.717) is 34.5 Å². The first-order valence-electron chi connectivity index (χ1n) is 9.87. The molecule has 5 rings (SSSR count). The summed E-state index contributed by atoms with van der Waals surface area (Å²) in [5.74, 6) is -0.830. The zero-order valence-corrected chi connectivity index (χ0v) is 15.9. The summed E-state index contributed by atoms with van der Waals surface area (Å²) in [6, 6.07) is 5.40. The van der Waals surface area contributed by atoms with Crippen LogP contribution in [0.5, 0.6) is 0 Å². The maximum absolute atomic E-state index is 13.7. The van der Waals surface area contributed by atoms with Gasteiger partial charge in [-0.1, -0.05) is 6.92 Å².